The van der Waals surface area contributed by atoms with Crippen LogP contribution in [0.2, 0.25) is 0 Å². The fourth-order valence-corrected chi connectivity index (χ4v) is 7.32. The minimum absolute atomic E-state index is 0.465. The van der Waals surface area contributed by atoms with E-state index < -0.39 is 0 Å². The molecule has 222 valence electrons. The maximum atomic E-state index is 9.76. The predicted octanol–water partition coefficient (Wildman–Crippen LogP) is 11.0. The summed E-state index contributed by atoms with van der Waals surface area (Å²) in [5, 5.41) is 24.3. The van der Waals surface area contributed by atoms with Gasteiger partial charge in [0.05, 0.1) is 45.3 Å². The molecule has 4 nitrogen and oxygen atoms in total. The van der Waals surface area contributed by atoms with Crippen LogP contribution in [0.15, 0.2) is 158 Å². The van der Waals surface area contributed by atoms with Crippen LogP contribution in [0.3, 0.4) is 0 Å². The molecule has 0 amide bonds. The fraction of sp³-hybridized carbons (Fsp3) is 0. The third kappa shape index (κ3) is 4.14. The molecule has 48 heavy (non-hydrogen) atoms. The van der Waals surface area contributed by atoms with E-state index in [1.807, 2.05) is 30.3 Å². The Kier molecular flexibility index (Phi) is 6.22. The third-order valence-corrected chi connectivity index (χ3v) is 9.33. The van der Waals surface area contributed by atoms with E-state index in [0.717, 1.165) is 55.7 Å². The Morgan fingerprint density at radius 2 is 1.02 bits per heavy atom. The molecule has 0 saturated heterocycles. The predicted molar refractivity (Wildman–Crippen MR) is 195 cm³/mol. The van der Waals surface area contributed by atoms with Crippen molar-refractivity contribution in [3.05, 3.63) is 169 Å². The molecule has 0 aliphatic heterocycles. The second-order valence-corrected chi connectivity index (χ2v) is 12.0. The highest BCUT2D eigenvalue weighted by molar-refractivity contribution is 6.26. The zero-order valence-corrected chi connectivity index (χ0v) is 25.8. The summed E-state index contributed by atoms with van der Waals surface area (Å²) < 4.78 is 4.76. The molecule has 2 aromatic heterocycles. The van der Waals surface area contributed by atoms with E-state index in [1.165, 1.54) is 21.5 Å². The molecule has 0 unspecified atom stereocenters. The number of hydrogen-bond acceptors (Lipinski definition) is 2. The van der Waals surface area contributed by atoms with Gasteiger partial charge in [-0.3, -0.25) is 0 Å². The van der Waals surface area contributed by atoms with Gasteiger partial charge in [-0.2, -0.15) is 10.5 Å². The molecule has 0 saturated carbocycles. The molecule has 4 heteroatoms. The van der Waals surface area contributed by atoms with E-state index in [2.05, 4.69) is 143 Å². The van der Waals surface area contributed by atoms with Gasteiger partial charge >= 0.3 is 0 Å². The van der Waals surface area contributed by atoms with E-state index in [9.17, 15) is 10.5 Å². The molecule has 0 radical (unpaired) electrons. The summed E-state index contributed by atoms with van der Waals surface area (Å²) in [6, 6.07) is 59.0. The second-order valence-electron chi connectivity index (χ2n) is 12.0. The molecule has 0 spiro atoms. The monoisotopic (exact) mass is 610 g/mol. The minimum atomic E-state index is 0.465. The molecule has 2 heterocycles. The quantitative estimate of drug-likeness (QED) is 0.199. The average molecular weight is 611 g/mol. The van der Waals surface area contributed by atoms with E-state index in [0.29, 0.717) is 11.1 Å². The Morgan fingerprint density at radius 3 is 1.73 bits per heavy atom. The molecular weight excluding hydrogens is 585 g/mol. The van der Waals surface area contributed by atoms with Crippen molar-refractivity contribution in [2.45, 2.75) is 0 Å². The van der Waals surface area contributed by atoms with Crippen molar-refractivity contribution in [3.8, 4) is 45.8 Å². The first-order valence-corrected chi connectivity index (χ1v) is 15.9. The zero-order valence-electron chi connectivity index (χ0n) is 25.8. The molecule has 9 rings (SSSR count). The molecule has 0 bridgehead atoms. The van der Waals surface area contributed by atoms with E-state index in [1.54, 1.807) is 6.07 Å². The Bertz CT molecular complexity index is 2760. The van der Waals surface area contributed by atoms with Crippen LogP contribution in [-0.4, -0.2) is 9.13 Å². The molecule has 9 aromatic rings. The average Bonchev–Trinajstić information content (AvgIpc) is 3.68. The van der Waals surface area contributed by atoms with Crippen molar-refractivity contribution in [1.82, 2.24) is 9.13 Å². The molecule has 0 N–H and O–H groups in total. The summed E-state index contributed by atoms with van der Waals surface area (Å²) >= 11 is 0. The summed E-state index contributed by atoms with van der Waals surface area (Å²) in [5.74, 6) is 0. The highest BCUT2D eigenvalue weighted by atomic mass is 15.0. The number of rotatable bonds is 4. The van der Waals surface area contributed by atoms with Crippen molar-refractivity contribution in [2.75, 3.05) is 0 Å². The zero-order chi connectivity index (χ0) is 32.2. The molecule has 0 atom stereocenters. The molecule has 0 aliphatic rings. The van der Waals surface area contributed by atoms with Crippen LogP contribution < -0.4 is 0 Å². The van der Waals surface area contributed by atoms with Crippen LogP contribution in [-0.2, 0) is 0 Å². The van der Waals surface area contributed by atoms with Gasteiger partial charge in [-0.15, -0.1) is 0 Å². The summed E-state index contributed by atoms with van der Waals surface area (Å²) in [5.41, 5.74) is 11.6. The lowest BCUT2D eigenvalue weighted by atomic mass is 9.92. The number of benzene rings is 7. The SMILES string of the molecule is N#Cc1cc(C#N)cc(-c2ccc(-n3c4ccccc4c4ccc5c(c6ccccc6n5-c5ccccc5)c43)cc2-c2ccccc2)c1. The normalized spacial score (nSPS) is 11.3. The fourth-order valence-electron chi connectivity index (χ4n) is 7.32. The van der Waals surface area contributed by atoms with Gasteiger partial charge in [0, 0.05) is 32.9 Å². The third-order valence-electron chi connectivity index (χ3n) is 9.33. The van der Waals surface area contributed by atoms with Gasteiger partial charge in [-0.1, -0.05) is 97.1 Å². The molecule has 7 aromatic carbocycles. The van der Waals surface area contributed by atoms with Gasteiger partial charge in [0.1, 0.15) is 0 Å². The first-order chi connectivity index (χ1) is 23.7. The number of fused-ring (bicyclic) bond motifs is 7. The van der Waals surface area contributed by atoms with Crippen LogP contribution in [0.25, 0.3) is 77.2 Å². The van der Waals surface area contributed by atoms with Crippen LogP contribution in [0.1, 0.15) is 11.1 Å². The van der Waals surface area contributed by atoms with Gasteiger partial charge < -0.3 is 9.13 Å². The standard InChI is InChI=1S/C44H26N4/c45-27-29-23-30(28-46)25-32(24-29)35-20-19-34(26-39(35)31-11-3-1-4-12-31)48-40-17-9-7-15-36(40)37-21-22-42-43(44(37)48)38-16-8-10-18-41(38)47(42)33-13-5-2-6-14-33/h1-26H. The topological polar surface area (TPSA) is 57.4 Å². The maximum Gasteiger partial charge on any atom is 0.0992 e. The first-order valence-electron chi connectivity index (χ1n) is 15.9. The van der Waals surface area contributed by atoms with Crippen molar-refractivity contribution in [1.29, 1.82) is 10.5 Å². The molecule has 0 aliphatic carbocycles. The van der Waals surface area contributed by atoms with Crippen LogP contribution in [0, 0.1) is 22.7 Å². The van der Waals surface area contributed by atoms with Crippen molar-refractivity contribution < 1.29 is 0 Å². The Balaban J connectivity index is 1.41. The van der Waals surface area contributed by atoms with Gasteiger partial charge in [0.15, 0.2) is 0 Å². The Morgan fingerprint density at radius 1 is 0.396 bits per heavy atom. The van der Waals surface area contributed by atoms with Crippen molar-refractivity contribution in [2.24, 2.45) is 0 Å². The lowest BCUT2D eigenvalue weighted by molar-refractivity contribution is 1.17. The smallest absolute Gasteiger partial charge is 0.0992 e. The highest BCUT2D eigenvalue weighted by Crippen LogP contribution is 2.43. The van der Waals surface area contributed by atoms with Crippen LogP contribution >= 0.6 is 0 Å². The maximum absolute atomic E-state index is 9.76. The number of nitriles is 2. The van der Waals surface area contributed by atoms with Crippen LogP contribution in [0.4, 0.5) is 0 Å². The van der Waals surface area contributed by atoms with E-state index >= 15 is 0 Å². The van der Waals surface area contributed by atoms with Crippen molar-refractivity contribution in [3.63, 3.8) is 0 Å². The summed E-state index contributed by atoms with van der Waals surface area (Å²) in [4.78, 5) is 0. The minimum Gasteiger partial charge on any atom is -0.309 e. The number of nitrogens with zero attached hydrogens (tertiary/aromatic N) is 4. The number of para-hydroxylation sites is 3. The molecule has 0 fully saturated rings. The number of aromatic nitrogens is 2. The lowest BCUT2D eigenvalue weighted by Crippen LogP contribution is -1.97. The van der Waals surface area contributed by atoms with Gasteiger partial charge in [0.2, 0.25) is 0 Å². The summed E-state index contributed by atoms with van der Waals surface area (Å²) in [7, 11) is 0. The van der Waals surface area contributed by atoms with E-state index in [-0.39, 0.29) is 0 Å². The van der Waals surface area contributed by atoms with Crippen LogP contribution in [0.5, 0.6) is 0 Å². The van der Waals surface area contributed by atoms with E-state index in [4.69, 9.17) is 0 Å². The van der Waals surface area contributed by atoms with Gasteiger partial charge in [-0.25, -0.2) is 0 Å². The van der Waals surface area contributed by atoms with Crippen molar-refractivity contribution >= 4 is 43.6 Å². The summed E-state index contributed by atoms with van der Waals surface area (Å²) in [6.45, 7) is 0. The largest absolute Gasteiger partial charge is 0.309 e. The highest BCUT2D eigenvalue weighted by Gasteiger charge is 2.21. The Hall–Kier alpha value is -6.88. The molecular formula is C44H26N4. The number of hydrogen-bond donors (Lipinski definition) is 0. The van der Waals surface area contributed by atoms with Gasteiger partial charge in [-0.05, 0) is 82.9 Å². The second kappa shape index (κ2) is 10.9. The van der Waals surface area contributed by atoms with Gasteiger partial charge in [0.25, 0.3) is 0 Å². The lowest BCUT2D eigenvalue weighted by Gasteiger charge is -2.16. The Labute approximate surface area is 277 Å². The first kappa shape index (κ1) is 27.4. The summed E-state index contributed by atoms with van der Waals surface area (Å²) in [6.07, 6.45) is 0.